The van der Waals surface area contributed by atoms with Crippen molar-refractivity contribution in [1.82, 2.24) is 9.78 Å². The monoisotopic (exact) mass is 369 g/mol. The summed E-state index contributed by atoms with van der Waals surface area (Å²) < 4.78 is 1.84. The Hall–Kier alpha value is -2.43. The van der Waals surface area contributed by atoms with E-state index in [0.717, 1.165) is 11.3 Å². The highest BCUT2D eigenvalue weighted by molar-refractivity contribution is 5.99. The predicted octanol–water partition coefficient (Wildman–Crippen LogP) is 4.85. The van der Waals surface area contributed by atoms with E-state index in [4.69, 9.17) is 5.10 Å². The molecule has 1 aromatic carbocycles. The molecule has 0 fully saturated rings. The highest BCUT2D eigenvalue weighted by Crippen LogP contribution is 2.28. The number of hydrogen-bond acceptors (Lipinski definition) is 3. The summed E-state index contributed by atoms with van der Waals surface area (Å²) in [6.07, 6.45) is 0.331. The zero-order valence-electron chi connectivity index (χ0n) is 17.5. The third-order valence-corrected chi connectivity index (χ3v) is 4.33. The van der Waals surface area contributed by atoms with Crippen molar-refractivity contribution in [3.8, 4) is 0 Å². The molecule has 0 aliphatic carbocycles. The third kappa shape index (κ3) is 5.52. The van der Waals surface area contributed by atoms with Crippen molar-refractivity contribution in [3.63, 3.8) is 0 Å². The molecule has 1 N–H and O–H groups in total. The number of nitrogens with one attached hydrogen (secondary N) is 1. The summed E-state index contributed by atoms with van der Waals surface area (Å²) in [6, 6.07) is 9.34. The van der Waals surface area contributed by atoms with Gasteiger partial charge in [-0.2, -0.15) is 5.10 Å². The number of Topliss-reactive ketones (excluding diaryl/α,β-unsaturated/α-hetero) is 1. The van der Waals surface area contributed by atoms with Gasteiger partial charge in [0, 0.05) is 29.9 Å². The topological polar surface area (TPSA) is 64.0 Å². The fourth-order valence-electron chi connectivity index (χ4n) is 2.66. The molecule has 1 aromatic heterocycles. The minimum absolute atomic E-state index is 0.0233. The van der Waals surface area contributed by atoms with Crippen LogP contribution in [0.15, 0.2) is 30.3 Å². The van der Waals surface area contributed by atoms with Crippen LogP contribution in [0.25, 0.3) is 0 Å². The molecular formula is C22H31N3O2. The van der Waals surface area contributed by atoms with E-state index in [1.165, 1.54) is 0 Å². The quantitative estimate of drug-likeness (QED) is 0.767. The zero-order chi connectivity index (χ0) is 20.4. The first kappa shape index (κ1) is 20.9. The summed E-state index contributed by atoms with van der Waals surface area (Å²) in [5.41, 5.74) is 2.29. The van der Waals surface area contributed by atoms with E-state index < -0.39 is 0 Å². The number of carbonyl (C=O) groups excluding carboxylic acids is 2. The predicted molar refractivity (Wildman–Crippen MR) is 109 cm³/mol. The Morgan fingerprint density at radius 1 is 1.00 bits per heavy atom. The van der Waals surface area contributed by atoms with Crippen molar-refractivity contribution in [2.45, 2.75) is 72.3 Å². The van der Waals surface area contributed by atoms with Crippen LogP contribution in [0.1, 0.15) is 76.0 Å². The number of anilines is 1. The summed E-state index contributed by atoms with van der Waals surface area (Å²) in [6.45, 7) is 14.4. The van der Waals surface area contributed by atoms with E-state index in [0.29, 0.717) is 11.4 Å². The molecule has 0 aliphatic rings. The fraction of sp³-hybridized carbons (Fsp3) is 0.500. The molecule has 5 nitrogen and oxygen atoms in total. The Kier molecular flexibility index (Phi) is 5.93. The van der Waals surface area contributed by atoms with Gasteiger partial charge in [0.1, 0.15) is 5.82 Å². The lowest BCUT2D eigenvalue weighted by Gasteiger charge is -2.23. The Balaban J connectivity index is 2.07. The van der Waals surface area contributed by atoms with Gasteiger partial charge in [0.2, 0.25) is 5.91 Å². The average Bonchev–Trinajstić information content (AvgIpc) is 2.97. The molecule has 27 heavy (non-hydrogen) atoms. The Labute approximate surface area is 162 Å². The molecule has 0 saturated carbocycles. The maximum Gasteiger partial charge on any atom is 0.225 e. The molecule has 0 saturated heterocycles. The fourth-order valence-corrected chi connectivity index (χ4v) is 2.66. The maximum absolute atomic E-state index is 12.4. The third-order valence-electron chi connectivity index (χ3n) is 4.33. The van der Waals surface area contributed by atoms with Gasteiger partial charge < -0.3 is 5.32 Å². The Bertz CT molecular complexity index is 819. The van der Waals surface area contributed by atoms with Crippen molar-refractivity contribution >= 4 is 17.5 Å². The number of carbonyl (C=O) groups is 2. The van der Waals surface area contributed by atoms with Gasteiger partial charge >= 0.3 is 0 Å². The molecule has 146 valence electrons. The summed E-state index contributed by atoms with van der Waals surface area (Å²) >= 11 is 0. The average molecular weight is 370 g/mol. The van der Waals surface area contributed by atoms with Crippen LogP contribution in [-0.4, -0.2) is 21.5 Å². The SMILES string of the molecule is Cc1ccc(C(=O)CCC(=O)Nc2cc(C(C)(C)C)nn2C(C)(C)C)cc1. The first-order valence-electron chi connectivity index (χ1n) is 9.38. The number of aromatic nitrogens is 2. The first-order valence-corrected chi connectivity index (χ1v) is 9.38. The molecule has 5 heteroatoms. The first-order chi connectivity index (χ1) is 12.4. The molecule has 0 spiro atoms. The molecular weight excluding hydrogens is 338 g/mol. The summed E-state index contributed by atoms with van der Waals surface area (Å²) in [4.78, 5) is 24.7. The maximum atomic E-state index is 12.4. The number of rotatable bonds is 5. The molecule has 0 bridgehead atoms. The summed E-state index contributed by atoms with van der Waals surface area (Å²) in [5, 5.41) is 7.63. The van der Waals surface area contributed by atoms with Crippen LogP contribution in [0, 0.1) is 6.92 Å². The van der Waals surface area contributed by atoms with Gasteiger partial charge in [-0.15, -0.1) is 0 Å². The smallest absolute Gasteiger partial charge is 0.225 e. The van der Waals surface area contributed by atoms with Gasteiger partial charge in [-0.1, -0.05) is 50.6 Å². The van der Waals surface area contributed by atoms with Crippen LogP contribution in [0.2, 0.25) is 0 Å². The van der Waals surface area contributed by atoms with Crippen LogP contribution in [0.4, 0.5) is 5.82 Å². The van der Waals surface area contributed by atoms with Gasteiger partial charge in [0.15, 0.2) is 5.78 Å². The highest BCUT2D eigenvalue weighted by Gasteiger charge is 2.25. The van der Waals surface area contributed by atoms with Crippen LogP contribution < -0.4 is 5.32 Å². The second-order valence-corrected chi connectivity index (χ2v) is 9.08. The standard InChI is InChI=1S/C22H31N3O2/c1-15-8-10-16(11-9-15)17(26)12-13-20(27)23-19-14-18(21(2,3)4)24-25(19)22(5,6)7/h8-11,14H,12-13H2,1-7H3,(H,23,27). The minimum Gasteiger partial charge on any atom is -0.311 e. The molecule has 0 radical (unpaired) electrons. The van der Waals surface area contributed by atoms with Gasteiger partial charge in [-0.25, -0.2) is 4.68 Å². The second-order valence-electron chi connectivity index (χ2n) is 9.08. The largest absolute Gasteiger partial charge is 0.311 e. The lowest BCUT2D eigenvalue weighted by molar-refractivity contribution is -0.116. The van der Waals surface area contributed by atoms with Crippen molar-refractivity contribution in [3.05, 3.63) is 47.2 Å². The molecule has 0 aliphatic heterocycles. The number of aryl methyl sites for hydroxylation is 1. The van der Waals surface area contributed by atoms with E-state index in [2.05, 4.69) is 26.1 Å². The van der Waals surface area contributed by atoms with Crippen molar-refractivity contribution in [2.75, 3.05) is 5.32 Å². The van der Waals surface area contributed by atoms with E-state index in [9.17, 15) is 9.59 Å². The highest BCUT2D eigenvalue weighted by atomic mass is 16.2. The van der Waals surface area contributed by atoms with Crippen molar-refractivity contribution in [1.29, 1.82) is 0 Å². The van der Waals surface area contributed by atoms with Gasteiger partial charge in [0.05, 0.1) is 11.2 Å². The summed E-state index contributed by atoms with van der Waals surface area (Å²) in [5.74, 6) is 0.464. The number of amides is 1. The normalized spacial score (nSPS) is 12.1. The van der Waals surface area contributed by atoms with Gasteiger partial charge in [-0.3, -0.25) is 9.59 Å². The second kappa shape index (κ2) is 7.67. The number of ketones is 1. The van der Waals surface area contributed by atoms with E-state index in [1.807, 2.05) is 50.6 Å². The van der Waals surface area contributed by atoms with Gasteiger partial charge in [0.25, 0.3) is 0 Å². The number of benzene rings is 1. The molecule has 1 amide bonds. The van der Waals surface area contributed by atoms with E-state index in [1.54, 1.807) is 12.1 Å². The van der Waals surface area contributed by atoms with Crippen LogP contribution in [0.5, 0.6) is 0 Å². The van der Waals surface area contributed by atoms with Crippen LogP contribution >= 0.6 is 0 Å². The van der Waals surface area contributed by atoms with E-state index in [-0.39, 0.29) is 35.5 Å². The minimum atomic E-state index is -0.260. The van der Waals surface area contributed by atoms with Crippen molar-refractivity contribution < 1.29 is 9.59 Å². The molecule has 2 rings (SSSR count). The number of nitrogens with zero attached hydrogens (tertiary/aromatic N) is 2. The zero-order valence-corrected chi connectivity index (χ0v) is 17.5. The lowest BCUT2D eigenvalue weighted by atomic mass is 9.92. The Morgan fingerprint density at radius 3 is 2.11 bits per heavy atom. The molecule has 2 aromatic rings. The molecule has 0 unspecified atom stereocenters. The van der Waals surface area contributed by atoms with Gasteiger partial charge in [-0.05, 0) is 27.7 Å². The van der Waals surface area contributed by atoms with E-state index >= 15 is 0 Å². The molecule has 1 heterocycles. The lowest BCUT2D eigenvalue weighted by Crippen LogP contribution is -2.27. The van der Waals surface area contributed by atoms with Crippen LogP contribution in [-0.2, 0) is 15.7 Å². The number of hydrogen-bond donors (Lipinski definition) is 1. The van der Waals surface area contributed by atoms with Crippen molar-refractivity contribution in [2.24, 2.45) is 0 Å². The van der Waals surface area contributed by atoms with Crippen LogP contribution in [0.3, 0.4) is 0 Å². The molecule has 0 atom stereocenters. The Morgan fingerprint density at radius 2 is 1.59 bits per heavy atom. The summed E-state index contributed by atoms with van der Waals surface area (Å²) in [7, 11) is 0.